The number of rotatable bonds is 5. The number of amides is 1. The third kappa shape index (κ3) is 4.52. The predicted molar refractivity (Wildman–Crippen MR) is 128 cm³/mol. The van der Waals surface area contributed by atoms with Gasteiger partial charge in [0.25, 0.3) is 11.5 Å². The number of likely N-dealkylation sites (tertiary alicyclic amines) is 1. The third-order valence-electron chi connectivity index (χ3n) is 7.71. The number of nitrogens with zero attached hydrogens (tertiary/aromatic N) is 1. The molecule has 2 saturated heterocycles. The lowest BCUT2D eigenvalue weighted by atomic mass is 9.62. The fourth-order valence-electron chi connectivity index (χ4n) is 5.76. The van der Waals surface area contributed by atoms with Gasteiger partial charge < -0.3 is 19.7 Å². The van der Waals surface area contributed by atoms with Crippen molar-refractivity contribution in [1.82, 2.24) is 10.2 Å². The van der Waals surface area contributed by atoms with Gasteiger partial charge in [0, 0.05) is 43.2 Å². The highest BCUT2D eigenvalue weighted by molar-refractivity contribution is 6.30. The van der Waals surface area contributed by atoms with E-state index >= 15 is 0 Å². The van der Waals surface area contributed by atoms with Crippen LogP contribution in [0.4, 0.5) is 13.2 Å². The van der Waals surface area contributed by atoms with Gasteiger partial charge in [0.15, 0.2) is 0 Å². The Morgan fingerprint density at radius 2 is 1.71 bits per heavy atom. The first-order chi connectivity index (χ1) is 16.7. The second kappa shape index (κ2) is 9.99. The van der Waals surface area contributed by atoms with E-state index in [1.807, 2.05) is 18.2 Å². The molecule has 2 heterocycles. The molecule has 2 fully saturated rings. The Hall–Kier alpha value is -2.29. The normalized spacial score (nSPS) is 22.0. The molecule has 1 spiro atoms. The summed E-state index contributed by atoms with van der Waals surface area (Å²) in [5.74, 6) is -0.152. The molecule has 2 atom stereocenters. The summed E-state index contributed by atoms with van der Waals surface area (Å²) in [6, 6.07) is 12.9. The van der Waals surface area contributed by atoms with Gasteiger partial charge in [0.1, 0.15) is 5.75 Å². The Morgan fingerprint density at radius 3 is 2.31 bits per heavy atom. The van der Waals surface area contributed by atoms with E-state index in [4.69, 9.17) is 21.1 Å². The molecule has 1 N–H and O–H groups in total. The number of benzene rings is 2. The number of nitrogens with one attached hydrogen (secondary N) is 1. The summed E-state index contributed by atoms with van der Waals surface area (Å²) in [7, 11) is 2.57. The number of hydrogen-bond acceptors (Lipinski definition) is 4. The van der Waals surface area contributed by atoms with Crippen molar-refractivity contribution in [3.8, 4) is 5.75 Å². The maximum absolute atomic E-state index is 14.5. The van der Waals surface area contributed by atoms with Crippen molar-refractivity contribution in [2.45, 2.75) is 37.0 Å². The van der Waals surface area contributed by atoms with Crippen molar-refractivity contribution >= 4 is 17.5 Å². The number of carbonyl (C=O) groups is 1. The summed E-state index contributed by atoms with van der Waals surface area (Å²) in [4.78, 5) is 14.8. The molecule has 0 radical (unpaired) electrons. The maximum Gasteiger partial charge on any atom is 0.430 e. The third-order valence-corrected chi connectivity index (χ3v) is 7.96. The Kier molecular flexibility index (Phi) is 7.36. The minimum Gasteiger partial charge on any atom is -0.496 e. The zero-order chi connectivity index (χ0) is 25.3. The molecule has 0 aromatic heterocycles. The quantitative estimate of drug-likeness (QED) is 0.605. The summed E-state index contributed by atoms with van der Waals surface area (Å²) in [6.45, 7) is 2.02. The molecule has 35 heavy (non-hydrogen) atoms. The number of piperidine rings is 2. The average Bonchev–Trinajstić information content (AvgIpc) is 2.85. The summed E-state index contributed by atoms with van der Waals surface area (Å²) in [6.07, 6.45) is -2.87. The van der Waals surface area contributed by atoms with Crippen molar-refractivity contribution in [2.24, 2.45) is 5.41 Å². The minimum absolute atomic E-state index is 0.134. The maximum atomic E-state index is 14.5. The monoisotopic (exact) mass is 510 g/mol. The first kappa shape index (κ1) is 25.8. The van der Waals surface area contributed by atoms with Gasteiger partial charge in [-0.2, -0.15) is 13.2 Å². The van der Waals surface area contributed by atoms with Crippen LogP contribution in [0.1, 0.15) is 36.3 Å². The number of carbonyl (C=O) groups excluding carboxylic acids is 1. The van der Waals surface area contributed by atoms with E-state index < -0.39 is 17.7 Å². The van der Waals surface area contributed by atoms with Crippen LogP contribution in [0, 0.1) is 5.41 Å². The largest absolute Gasteiger partial charge is 0.496 e. The van der Waals surface area contributed by atoms with E-state index in [1.165, 1.54) is 29.2 Å². The highest BCUT2D eigenvalue weighted by Crippen LogP contribution is 2.51. The lowest BCUT2D eigenvalue weighted by Crippen LogP contribution is -2.59. The number of hydrogen-bond donors (Lipinski definition) is 1. The minimum atomic E-state index is -4.95. The van der Waals surface area contributed by atoms with Crippen LogP contribution in [-0.2, 0) is 15.1 Å². The van der Waals surface area contributed by atoms with Crippen LogP contribution in [0.5, 0.6) is 5.75 Å². The van der Waals surface area contributed by atoms with Crippen LogP contribution in [0.25, 0.3) is 0 Å². The van der Waals surface area contributed by atoms with Crippen LogP contribution in [0.3, 0.4) is 0 Å². The van der Waals surface area contributed by atoms with Crippen LogP contribution >= 0.6 is 11.6 Å². The van der Waals surface area contributed by atoms with Gasteiger partial charge in [-0.3, -0.25) is 4.79 Å². The molecule has 9 heteroatoms. The number of methoxy groups -OCH3 is 2. The molecule has 2 unspecified atom stereocenters. The molecule has 2 aliphatic heterocycles. The van der Waals surface area contributed by atoms with E-state index in [-0.39, 0.29) is 35.0 Å². The smallest absolute Gasteiger partial charge is 0.430 e. The number of halogens is 4. The van der Waals surface area contributed by atoms with Crippen LogP contribution in [0.2, 0.25) is 5.02 Å². The van der Waals surface area contributed by atoms with Crippen molar-refractivity contribution in [3.05, 3.63) is 64.7 Å². The second-order valence-electron chi connectivity index (χ2n) is 9.29. The highest BCUT2D eigenvalue weighted by Gasteiger charge is 2.64. The number of para-hydroxylation sites is 1. The fraction of sp³-hybridized carbons (Fsp3) is 0.500. The van der Waals surface area contributed by atoms with Gasteiger partial charge in [-0.1, -0.05) is 41.9 Å². The van der Waals surface area contributed by atoms with Gasteiger partial charge in [-0.25, -0.2) is 0 Å². The van der Waals surface area contributed by atoms with E-state index in [0.29, 0.717) is 12.8 Å². The average molecular weight is 511 g/mol. The lowest BCUT2D eigenvalue weighted by Gasteiger charge is -2.51. The molecule has 190 valence electrons. The summed E-state index contributed by atoms with van der Waals surface area (Å²) >= 11 is 5.88. The standard InChI is InChI=1S/C26H30ClF3N2O3/c1-34-22-6-4-3-5-20(22)21-17-31-14-11-24(21)12-15-32(16-13-24)23(33)25(35-2,26(28,29)30)18-7-9-19(27)10-8-18/h3-10,21,31H,11-17H2,1-2H3. The predicted octanol–water partition coefficient (Wildman–Crippen LogP) is 5.14. The van der Waals surface area contributed by atoms with Gasteiger partial charge in [0.2, 0.25) is 0 Å². The number of alkyl halides is 3. The Balaban J connectivity index is 1.62. The van der Waals surface area contributed by atoms with Crippen molar-refractivity contribution in [3.63, 3.8) is 0 Å². The van der Waals surface area contributed by atoms with Gasteiger partial charge >= 0.3 is 6.18 Å². The number of ether oxygens (including phenoxy) is 2. The topological polar surface area (TPSA) is 50.8 Å². The molecular formula is C26H30ClF3N2O3. The molecule has 1 amide bonds. The highest BCUT2D eigenvalue weighted by atomic mass is 35.5. The molecule has 4 rings (SSSR count). The molecule has 0 saturated carbocycles. The second-order valence-corrected chi connectivity index (χ2v) is 9.73. The Bertz CT molecular complexity index is 1040. The van der Waals surface area contributed by atoms with Crippen molar-refractivity contribution in [2.75, 3.05) is 40.4 Å². The molecule has 2 aromatic rings. The molecular weight excluding hydrogens is 481 g/mol. The molecule has 2 aromatic carbocycles. The van der Waals surface area contributed by atoms with Gasteiger partial charge in [0.05, 0.1) is 7.11 Å². The summed E-state index contributed by atoms with van der Waals surface area (Å²) in [5, 5.41) is 3.73. The van der Waals surface area contributed by atoms with Crippen LogP contribution < -0.4 is 10.1 Å². The first-order valence-electron chi connectivity index (χ1n) is 11.7. The zero-order valence-corrected chi connectivity index (χ0v) is 20.6. The van der Waals surface area contributed by atoms with Gasteiger partial charge in [-0.05, 0) is 55.0 Å². The van der Waals surface area contributed by atoms with Crippen molar-refractivity contribution < 1.29 is 27.4 Å². The van der Waals surface area contributed by atoms with Crippen LogP contribution in [0.15, 0.2) is 48.5 Å². The van der Waals surface area contributed by atoms with Gasteiger partial charge in [-0.15, -0.1) is 0 Å². The molecule has 5 nitrogen and oxygen atoms in total. The van der Waals surface area contributed by atoms with E-state index in [9.17, 15) is 18.0 Å². The first-order valence-corrected chi connectivity index (χ1v) is 12.1. The van der Waals surface area contributed by atoms with Crippen LogP contribution in [-0.4, -0.2) is 57.4 Å². The molecule has 0 aliphatic carbocycles. The SMILES string of the molecule is COc1ccccc1C1CNCCC12CCN(C(=O)C(OC)(c1ccc(Cl)cc1)C(F)(F)F)CC2. The molecule has 0 bridgehead atoms. The van der Waals surface area contributed by atoms with E-state index in [1.54, 1.807) is 7.11 Å². The fourth-order valence-corrected chi connectivity index (χ4v) is 5.88. The zero-order valence-electron chi connectivity index (χ0n) is 19.8. The summed E-state index contributed by atoms with van der Waals surface area (Å²) in [5.41, 5.74) is -2.41. The van der Waals surface area contributed by atoms with E-state index in [2.05, 4.69) is 11.4 Å². The Labute approximate surface area is 208 Å². The summed E-state index contributed by atoms with van der Waals surface area (Å²) < 4.78 is 54.0. The lowest BCUT2D eigenvalue weighted by molar-refractivity contribution is -0.271. The molecule has 2 aliphatic rings. The van der Waals surface area contributed by atoms with E-state index in [0.717, 1.165) is 37.9 Å². The Morgan fingerprint density at radius 1 is 1.06 bits per heavy atom. The van der Waals surface area contributed by atoms with Crippen molar-refractivity contribution in [1.29, 1.82) is 0 Å².